The third-order valence-corrected chi connectivity index (χ3v) is 6.08. The number of anilines is 2. The summed E-state index contributed by atoms with van der Waals surface area (Å²) >= 11 is 0. The van der Waals surface area contributed by atoms with Crippen LogP contribution in [0.5, 0.6) is 0 Å². The molecule has 0 unspecified atom stereocenters. The zero-order valence-corrected chi connectivity index (χ0v) is 15.2. The van der Waals surface area contributed by atoms with E-state index >= 15 is 0 Å². The van der Waals surface area contributed by atoms with Crippen LogP contribution in [0.25, 0.3) is 0 Å². The molecule has 1 fully saturated rings. The predicted molar refractivity (Wildman–Crippen MR) is 96.8 cm³/mol. The van der Waals surface area contributed by atoms with Crippen LogP contribution >= 0.6 is 0 Å². The molecular formula is C18H22FN3O2S. The average molecular weight is 363 g/mol. The molecule has 2 aromatic rings. The SMILES string of the molecule is Cc1cc(F)ccc1S(=O)(=O)Nc1ccc(N2CCC(C)CC2)cn1. The van der Waals surface area contributed by atoms with Crippen molar-refractivity contribution in [3.63, 3.8) is 0 Å². The van der Waals surface area contributed by atoms with Gasteiger partial charge in [0.05, 0.1) is 16.8 Å². The second-order valence-electron chi connectivity index (χ2n) is 6.59. The highest BCUT2D eigenvalue weighted by Gasteiger charge is 2.19. The Morgan fingerprint density at radius 1 is 1.20 bits per heavy atom. The number of rotatable bonds is 4. The predicted octanol–water partition coefficient (Wildman–Crippen LogP) is 3.57. The number of hydrogen-bond acceptors (Lipinski definition) is 4. The van der Waals surface area contributed by atoms with Gasteiger partial charge in [-0.05, 0) is 61.6 Å². The van der Waals surface area contributed by atoms with E-state index < -0.39 is 15.8 Å². The summed E-state index contributed by atoms with van der Waals surface area (Å²) in [5, 5.41) is 0. The molecule has 1 aromatic carbocycles. The van der Waals surface area contributed by atoms with Crippen molar-refractivity contribution in [2.45, 2.75) is 31.6 Å². The second-order valence-corrected chi connectivity index (χ2v) is 8.24. The fourth-order valence-electron chi connectivity index (χ4n) is 3.01. The van der Waals surface area contributed by atoms with E-state index in [9.17, 15) is 12.8 Å². The molecule has 1 aromatic heterocycles. The maximum absolute atomic E-state index is 13.2. The normalized spacial score (nSPS) is 16.0. The van der Waals surface area contributed by atoms with E-state index in [1.165, 1.54) is 12.1 Å². The van der Waals surface area contributed by atoms with Gasteiger partial charge in [-0.1, -0.05) is 6.92 Å². The first-order chi connectivity index (χ1) is 11.8. The van der Waals surface area contributed by atoms with Crippen LogP contribution in [0.1, 0.15) is 25.3 Å². The van der Waals surface area contributed by atoms with Crippen LogP contribution in [-0.4, -0.2) is 26.5 Å². The molecule has 0 aliphatic carbocycles. The highest BCUT2D eigenvalue weighted by molar-refractivity contribution is 7.92. The first-order valence-electron chi connectivity index (χ1n) is 8.35. The Morgan fingerprint density at radius 3 is 2.52 bits per heavy atom. The zero-order chi connectivity index (χ0) is 18.0. The third-order valence-electron chi connectivity index (χ3n) is 4.56. The Bertz CT molecular complexity index is 845. The number of pyridine rings is 1. The second kappa shape index (κ2) is 7.00. The molecule has 1 aliphatic heterocycles. The monoisotopic (exact) mass is 363 g/mol. The Balaban J connectivity index is 1.74. The molecule has 25 heavy (non-hydrogen) atoms. The molecule has 134 valence electrons. The van der Waals surface area contributed by atoms with Crippen LogP contribution in [0.3, 0.4) is 0 Å². The van der Waals surface area contributed by atoms with Gasteiger partial charge in [0.2, 0.25) is 0 Å². The molecule has 1 N–H and O–H groups in total. The topological polar surface area (TPSA) is 62.3 Å². The molecule has 0 amide bonds. The number of aryl methyl sites for hydroxylation is 1. The van der Waals surface area contributed by atoms with Crippen LogP contribution in [0.15, 0.2) is 41.4 Å². The highest BCUT2D eigenvalue weighted by atomic mass is 32.2. The number of nitrogens with one attached hydrogen (secondary N) is 1. The van der Waals surface area contributed by atoms with Gasteiger partial charge in [0.25, 0.3) is 10.0 Å². The minimum atomic E-state index is -3.80. The van der Waals surface area contributed by atoms with Gasteiger partial charge in [0.1, 0.15) is 11.6 Å². The molecule has 0 atom stereocenters. The van der Waals surface area contributed by atoms with Crippen molar-refractivity contribution in [3.05, 3.63) is 47.9 Å². The molecular weight excluding hydrogens is 341 g/mol. The largest absolute Gasteiger partial charge is 0.370 e. The van der Waals surface area contributed by atoms with E-state index in [2.05, 4.69) is 21.5 Å². The Labute approximate surface area is 147 Å². The van der Waals surface area contributed by atoms with Crippen molar-refractivity contribution in [2.24, 2.45) is 5.92 Å². The lowest BCUT2D eigenvalue weighted by atomic mass is 9.99. The number of aromatic nitrogens is 1. The van der Waals surface area contributed by atoms with E-state index in [0.717, 1.165) is 43.6 Å². The summed E-state index contributed by atoms with van der Waals surface area (Å²) in [7, 11) is -3.80. The van der Waals surface area contributed by atoms with E-state index in [4.69, 9.17) is 0 Å². The molecule has 3 rings (SSSR count). The average Bonchev–Trinajstić information content (AvgIpc) is 2.55. The lowest BCUT2D eigenvalue weighted by Gasteiger charge is -2.31. The van der Waals surface area contributed by atoms with Crippen molar-refractivity contribution in [2.75, 3.05) is 22.7 Å². The summed E-state index contributed by atoms with van der Waals surface area (Å²) in [4.78, 5) is 6.53. The number of piperidine rings is 1. The Kier molecular flexibility index (Phi) is 4.94. The standard InChI is InChI=1S/C18H22FN3O2S/c1-13-7-9-22(10-8-13)16-4-6-18(20-12-16)21-25(23,24)17-5-3-15(19)11-14(17)2/h3-6,11-13H,7-10H2,1-2H3,(H,20,21). The van der Waals surface area contributed by atoms with Crippen molar-refractivity contribution >= 4 is 21.5 Å². The summed E-state index contributed by atoms with van der Waals surface area (Å²) in [6.07, 6.45) is 3.99. The van der Waals surface area contributed by atoms with Crippen molar-refractivity contribution in [3.8, 4) is 0 Å². The molecule has 2 heterocycles. The maximum atomic E-state index is 13.2. The van der Waals surface area contributed by atoms with Gasteiger partial charge in [0.15, 0.2) is 0 Å². The highest BCUT2D eigenvalue weighted by Crippen LogP contribution is 2.24. The maximum Gasteiger partial charge on any atom is 0.263 e. The quantitative estimate of drug-likeness (QED) is 0.902. The Morgan fingerprint density at radius 2 is 1.92 bits per heavy atom. The summed E-state index contributed by atoms with van der Waals surface area (Å²) in [6.45, 7) is 5.79. The van der Waals surface area contributed by atoms with Crippen LogP contribution in [0, 0.1) is 18.7 Å². The molecule has 0 bridgehead atoms. The van der Waals surface area contributed by atoms with Crippen LogP contribution < -0.4 is 9.62 Å². The van der Waals surface area contributed by atoms with Crippen molar-refractivity contribution in [1.29, 1.82) is 0 Å². The number of hydrogen-bond donors (Lipinski definition) is 1. The summed E-state index contributed by atoms with van der Waals surface area (Å²) in [5.41, 5.74) is 1.35. The fraction of sp³-hybridized carbons (Fsp3) is 0.389. The minimum Gasteiger partial charge on any atom is -0.370 e. The number of benzene rings is 1. The van der Waals surface area contributed by atoms with Gasteiger partial charge in [-0.25, -0.2) is 17.8 Å². The van der Waals surface area contributed by atoms with Gasteiger partial charge in [-0.2, -0.15) is 0 Å². The van der Waals surface area contributed by atoms with E-state index in [-0.39, 0.29) is 10.7 Å². The van der Waals surface area contributed by atoms with Crippen LogP contribution in [-0.2, 0) is 10.0 Å². The van der Waals surface area contributed by atoms with Crippen LogP contribution in [0.4, 0.5) is 15.9 Å². The lowest BCUT2D eigenvalue weighted by Crippen LogP contribution is -2.32. The molecule has 0 radical (unpaired) electrons. The molecule has 0 spiro atoms. The van der Waals surface area contributed by atoms with Crippen molar-refractivity contribution < 1.29 is 12.8 Å². The lowest BCUT2D eigenvalue weighted by molar-refractivity contribution is 0.438. The molecule has 7 heteroatoms. The first kappa shape index (κ1) is 17.7. The van der Waals surface area contributed by atoms with Gasteiger partial charge in [-0.3, -0.25) is 4.72 Å². The van der Waals surface area contributed by atoms with Gasteiger partial charge in [0, 0.05) is 13.1 Å². The zero-order valence-electron chi connectivity index (χ0n) is 14.4. The van der Waals surface area contributed by atoms with E-state index in [1.807, 2.05) is 6.07 Å². The minimum absolute atomic E-state index is 0.0461. The first-order valence-corrected chi connectivity index (χ1v) is 9.83. The van der Waals surface area contributed by atoms with Crippen molar-refractivity contribution in [1.82, 2.24) is 4.98 Å². The van der Waals surface area contributed by atoms with Crippen LogP contribution in [0.2, 0.25) is 0 Å². The molecule has 5 nitrogen and oxygen atoms in total. The number of nitrogens with zero attached hydrogens (tertiary/aromatic N) is 2. The summed E-state index contributed by atoms with van der Waals surface area (Å²) in [5.74, 6) is 0.530. The summed E-state index contributed by atoms with van der Waals surface area (Å²) < 4.78 is 40.6. The number of halogens is 1. The van der Waals surface area contributed by atoms with Gasteiger partial charge < -0.3 is 4.90 Å². The molecule has 0 saturated carbocycles. The van der Waals surface area contributed by atoms with E-state index in [1.54, 1.807) is 19.2 Å². The smallest absolute Gasteiger partial charge is 0.263 e. The summed E-state index contributed by atoms with van der Waals surface area (Å²) in [6, 6.07) is 7.12. The Hall–Kier alpha value is -2.15. The third kappa shape index (κ3) is 4.10. The van der Waals surface area contributed by atoms with Gasteiger partial charge in [-0.15, -0.1) is 0 Å². The van der Waals surface area contributed by atoms with Gasteiger partial charge >= 0.3 is 0 Å². The molecule has 1 aliphatic rings. The fourth-order valence-corrected chi connectivity index (χ4v) is 4.24. The van der Waals surface area contributed by atoms with E-state index in [0.29, 0.717) is 5.56 Å². The number of sulfonamides is 1. The molecule has 1 saturated heterocycles.